The van der Waals surface area contributed by atoms with Crippen LogP contribution < -0.4 is 0 Å². The Hall–Kier alpha value is -1.97. The van der Waals surface area contributed by atoms with Crippen molar-refractivity contribution >= 4 is 27.7 Å². The molecule has 1 amide bonds. The Labute approximate surface area is 153 Å². The molecule has 1 aromatic heterocycles. The van der Waals surface area contributed by atoms with E-state index in [4.69, 9.17) is 11.6 Å². The molecule has 0 N–H and O–H groups in total. The van der Waals surface area contributed by atoms with Crippen molar-refractivity contribution in [3.8, 4) is 0 Å². The van der Waals surface area contributed by atoms with Crippen LogP contribution in [0.15, 0.2) is 48.4 Å². The van der Waals surface area contributed by atoms with Crippen molar-refractivity contribution in [2.75, 3.05) is 26.2 Å². The van der Waals surface area contributed by atoms with E-state index >= 15 is 0 Å². The predicted octanol–water partition coefficient (Wildman–Crippen LogP) is 2.07. The minimum absolute atomic E-state index is 0.0743. The van der Waals surface area contributed by atoms with E-state index in [0.29, 0.717) is 13.0 Å². The number of carbonyl (C=O) groups excluding carboxylic acids is 1. The molecule has 1 rings (SSSR count). The molecule has 0 fully saturated rings. The van der Waals surface area contributed by atoms with Gasteiger partial charge in [0.2, 0.25) is 0 Å². The third-order valence-electron chi connectivity index (χ3n) is 3.03. The molecule has 0 aromatic carbocycles. The predicted molar refractivity (Wildman–Crippen MR) is 96.8 cm³/mol. The summed E-state index contributed by atoms with van der Waals surface area (Å²) in [5, 5.41) is 3.64. The number of hydrogen-bond donors (Lipinski definition) is 0. The second-order valence-corrected chi connectivity index (χ2v) is 7.46. The Balaban J connectivity index is 3.10. The first-order chi connectivity index (χ1) is 11.8. The highest BCUT2D eigenvalue weighted by Crippen LogP contribution is 2.12. The van der Waals surface area contributed by atoms with Gasteiger partial charge in [-0.25, -0.2) is 18.2 Å². The quantitative estimate of drug-likeness (QED) is 0.573. The lowest BCUT2D eigenvalue weighted by molar-refractivity contribution is 0.201. The lowest BCUT2D eigenvalue weighted by Gasteiger charge is -2.20. The highest BCUT2D eigenvalue weighted by Gasteiger charge is 2.28. The Bertz CT molecular complexity index is 734. The van der Waals surface area contributed by atoms with Crippen LogP contribution >= 0.6 is 11.6 Å². The van der Waals surface area contributed by atoms with Gasteiger partial charge >= 0.3 is 6.03 Å². The molecule has 0 aliphatic carbocycles. The molecule has 1 heterocycles. The Kier molecular flexibility index (Phi) is 8.01. The standard InChI is InChI=1S/C15H22ClN5O3S/c1-5-8-19(11-13(4)16)15(22)21-12-17-14(18-21)25(23,24)20(9-6-2)10-7-3/h6-7,12H,2-5,8-11H2,1H3. The van der Waals surface area contributed by atoms with E-state index in [1.165, 1.54) is 17.1 Å². The molecule has 0 bridgehead atoms. The molecule has 0 spiro atoms. The van der Waals surface area contributed by atoms with Crippen molar-refractivity contribution in [2.45, 2.75) is 18.5 Å². The van der Waals surface area contributed by atoms with Crippen LogP contribution in [-0.2, 0) is 10.0 Å². The van der Waals surface area contributed by atoms with E-state index in [2.05, 4.69) is 29.8 Å². The molecular weight excluding hydrogens is 366 g/mol. The van der Waals surface area contributed by atoms with Crippen molar-refractivity contribution in [3.05, 3.63) is 43.2 Å². The van der Waals surface area contributed by atoms with Crippen LogP contribution in [0.3, 0.4) is 0 Å². The van der Waals surface area contributed by atoms with E-state index in [1.54, 1.807) is 0 Å². The Morgan fingerprint density at radius 2 is 1.96 bits per heavy atom. The molecule has 0 atom stereocenters. The number of aromatic nitrogens is 3. The van der Waals surface area contributed by atoms with E-state index in [0.717, 1.165) is 15.3 Å². The Morgan fingerprint density at radius 1 is 1.36 bits per heavy atom. The van der Waals surface area contributed by atoms with Gasteiger partial charge in [-0.05, 0) is 6.42 Å². The van der Waals surface area contributed by atoms with Crippen molar-refractivity contribution < 1.29 is 13.2 Å². The molecule has 1 aromatic rings. The van der Waals surface area contributed by atoms with E-state index in [9.17, 15) is 13.2 Å². The molecule has 0 aliphatic rings. The molecule has 0 saturated carbocycles. The number of halogens is 1. The van der Waals surface area contributed by atoms with Crippen LogP contribution in [0.4, 0.5) is 4.79 Å². The first-order valence-electron chi connectivity index (χ1n) is 7.54. The number of nitrogens with zero attached hydrogens (tertiary/aromatic N) is 5. The summed E-state index contributed by atoms with van der Waals surface area (Å²) in [4.78, 5) is 17.7. The molecule has 8 nitrogen and oxygen atoms in total. The number of rotatable bonds is 10. The number of hydrogen-bond acceptors (Lipinski definition) is 5. The van der Waals surface area contributed by atoms with Gasteiger partial charge in [-0.2, -0.15) is 8.99 Å². The minimum Gasteiger partial charge on any atom is -0.318 e. The van der Waals surface area contributed by atoms with Crippen LogP contribution in [0.25, 0.3) is 0 Å². The summed E-state index contributed by atoms with van der Waals surface area (Å²) in [6, 6.07) is -0.531. The van der Waals surface area contributed by atoms with Gasteiger partial charge in [0.05, 0.1) is 6.54 Å². The fourth-order valence-corrected chi connectivity index (χ4v) is 3.35. The van der Waals surface area contributed by atoms with Crippen LogP contribution in [0.1, 0.15) is 13.3 Å². The summed E-state index contributed by atoms with van der Waals surface area (Å²) in [5.74, 6) is 0. The number of carbonyl (C=O) groups is 1. The fraction of sp³-hybridized carbons (Fsp3) is 0.400. The topological polar surface area (TPSA) is 88.4 Å². The molecule has 0 aliphatic heterocycles. The molecule has 0 radical (unpaired) electrons. The third kappa shape index (κ3) is 5.52. The van der Waals surface area contributed by atoms with Crippen LogP contribution in [0.2, 0.25) is 0 Å². The van der Waals surface area contributed by atoms with E-state index < -0.39 is 21.2 Å². The van der Waals surface area contributed by atoms with Gasteiger partial charge in [0.15, 0.2) is 0 Å². The minimum atomic E-state index is -3.97. The summed E-state index contributed by atoms with van der Waals surface area (Å²) < 4.78 is 27.1. The van der Waals surface area contributed by atoms with Gasteiger partial charge in [0.1, 0.15) is 6.33 Å². The Morgan fingerprint density at radius 3 is 2.44 bits per heavy atom. The lowest BCUT2D eigenvalue weighted by Crippen LogP contribution is -2.37. The summed E-state index contributed by atoms with van der Waals surface area (Å²) in [6.07, 6.45) is 4.65. The zero-order chi connectivity index (χ0) is 19.0. The molecule has 138 valence electrons. The maximum Gasteiger partial charge on any atom is 0.346 e. The van der Waals surface area contributed by atoms with Crippen molar-refractivity contribution in [3.63, 3.8) is 0 Å². The average molecular weight is 388 g/mol. The number of sulfonamides is 1. The van der Waals surface area contributed by atoms with Gasteiger partial charge in [-0.3, -0.25) is 0 Å². The highest BCUT2D eigenvalue weighted by molar-refractivity contribution is 7.89. The molecule has 0 unspecified atom stereocenters. The smallest absolute Gasteiger partial charge is 0.318 e. The van der Waals surface area contributed by atoms with E-state index in [-0.39, 0.29) is 24.7 Å². The van der Waals surface area contributed by atoms with Gasteiger partial charge in [-0.15, -0.1) is 18.3 Å². The normalized spacial score (nSPS) is 11.3. The maximum atomic E-state index is 12.6. The van der Waals surface area contributed by atoms with Crippen molar-refractivity contribution in [1.29, 1.82) is 0 Å². The van der Waals surface area contributed by atoms with Crippen molar-refractivity contribution in [2.24, 2.45) is 0 Å². The zero-order valence-corrected chi connectivity index (χ0v) is 15.7. The average Bonchev–Trinajstić information content (AvgIpc) is 3.04. The third-order valence-corrected chi connectivity index (χ3v) is 4.78. The monoisotopic (exact) mass is 387 g/mol. The summed E-state index contributed by atoms with van der Waals surface area (Å²) in [6.45, 7) is 13.2. The van der Waals surface area contributed by atoms with Gasteiger partial charge in [0.25, 0.3) is 15.2 Å². The molecule has 25 heavy (non-hydrogen) atoms. The number of amides is 1. The second-order valence-electron chi connectivity index (χ2n) is 5.09. The molecular formula is C15H22ClN5O3S. The summed E-state index contributed by atoms with van der Waals surface area (Å²) >= 11 is 5.77. The first-order valence-corrected chi connectivity index (χ1v) is 9.35. The van der Waals surface area contributed by atoms with E-state index in [1.807, 2.05) is 6.92 Å². The van der Waals surface area contributed by atoms with Crippen LogP contribution in [-0.4, -0.2) is 64.6 Å². The highest BCUT2D eigenvalue weighted by atomic mass is 35.5. The maximum absolute atomic E-state index is 12.6. The zero-order valence-electron chi connectivity index (χ0n) is 14.1. The molecule has 10 heteroatoms. The summed E-state index contributed by atoms with van der Waals surface area (Å²) in [5.41, 5.74) is 0. The van der Waals surface area contributed by atoms with Crippen molar-refractivity contribution in [1.82, 2.24) is 24.0 Å². The second kappa shape index (κ2) is 9.50. The first kappa shape index (κ1) is 21.1. The van der Waals surface area contributed by atoms with Crippen LogP contribution in [0, 0.1) is 0 Å². The lowest BCUT2D eigenvalue weighted by atomic mass is 10.4. The fourth-order valence-electron chi connectivity index (χ4n) is 2.00. The van der Waals surface area contributed by atoms with Gasteiger partial charge < -0.3 is 4.90 Å². The SMILES string of the molecule is C=CCN(CC=C)S(=O)(=O)c1ncn(C(=O)N(CCC)CC(=C)Cl)n1. The van der Waals surface area contributed by atoms with Crippen LogP contribution in [0.5, 0.6) is 0 Å². The van der Waals surface area contributed by atoms with Gasteiger partial charge in [-0.1, -0.05) is 37.3 Å². The van der Waals surface area contributed by atoms with Gasteiger partial charge in [0, 0.05) is 24.7 Å². The largest absolute Gasteiger partial charge is 0.346 e. The molecule has 0 saturated heterocycles. The summed E-state index contributed by atoms with van der Waals surface area (Å²) in [7, 11) is -3.97.